The first-order valence-electron chi connectivity index (χ1n) is 8.27. The number of nitrogens with zero attached hydrogens (tertiary/aromatic N) is 1. The second-order valence-electron chi connectivity index (χ2n) is 5.57. The van der Waals surface area contributed by atoms with E-state index >= 15 is 0 Å². The van der Waals surface area contributed by atoms with E-state index in [1.165, 1.54) is 24.5 Å². The Hall–Kier alpha value is -3.48. The average Bonchev–Trinajstić information content (AvgIpc) is 2.67. The van der Waals surface area contributed by atoms with E-state index in [1.54, 1.807) is 24.3 Å². The third-order valence-corrected chi connectivity index (χ3v) is 3.67. The molecule has 5 nitrogen and oxygen atoms in total. The molecule has 0 saturated carbocycles. The summed E-state index contributed by atoms with van der Waals surface area (Å²) < 4.78 is 33.0. The van der Waals surface area contributed by atoms with E-state index in [0.717, 1.165) is 12.1 Å². The summed E-state index contributed by atoms with van der Waals surface area (Å²) in [6.45, 7) is 2.31. The molecule has 2 N–H and O–H groups in total. The quantitative estimate of drug-likeness (QED) is 0.658. The minimum Gasteiger partial charge on any atom is -0.492 e. The molecule has 0 bridgehead atoms. The highest BCUT2D eigenvalue weighted by Gasteiger charge is 2.13. The van der Waals surface area contributed by atoms with E-state index in [1.807, 2.05) is 6.92 Å². The van der Waals surface area contributed by atoms with Gasteiger partial charge >= 0.3 is 0 Å². The second-order valence-corrected chi connectivity index (χ2v) is 5.57. The first-order chi connectivity index (χ1) is 13.1. The van der Waals surface area contributed by atoms with Gasteiger partial charge < -0.3 is 15.4 Å². The molecule has 2 aromatic carbocycles. The van der Waals surface area contributed by atoms with Crippen LogP contribution in [0.5, 0.6) is 5.75 Å². The predicted octanol–water partition coefficient (Wildman–Crippen LogP) is 4.75. The zero-order valence-corrected chi connectivity index (χ0v) is 14.5. The summed E-state index contributed by atoms with van der Waals surface area (Å²) in [4.78, 5) is 16.5. The maximum Gasteiger partial charge on any atom is 0.257 e. The first-order valence-corrected chi connectivity index (χ1v) is 8.27. The highest BCUT2D eigenvalue weighted by molar-refractivity contribution is 6.05. The van der Waals surface area contributed by atoms with Gasteiger partial charge in [0.15, 0.2) is 0 Å². The Morgan fingerprint density at radius 1 is 1.07 bits per heavy atom. The standard InChI is InChI=1S/C20H17F2N3O2/c1-2-27-18-9-4-3-8-17(18)25-20(26)13-10-14(12-23-11-13)24-19-15(21)6-5-7-16(19)22/h3-12,24H,2H2,1H3,(H,25,26). The van der Waals surface area contributed by atoms with Gasteiger partial charge in [-0.1, -0.05) is 18.2 Å². The number of carbonyl (C=O) groups is 1. The van der Waals surface area contributed by atoms with Crippen LogP contribution in [0.1, 0.15) is 17.3 Å². The fourth-order valence-corrected chi connectivity index (χ4v) is 2.44. The molecule has 1 amide bonds. The number of ether oxygens (including phenoxy) is 1. The van der Waals surface area contributed by atoms with Gasteiger partial charge in [0.1, 0.15) is 23.1 Å². The Morgan fingerprint density at radius 3 is 2.56 bits per heavy atom. The van der Waals surface area contributed by atoms with Crippen LogP contribution in [0.4, 0.5) is 25.8 Å². The van der Waals surface area contributed by atoms with E-state index < -0.39 is 17.5 Å². The largest absolute Gasteiger partial charge is 0.492 e. The molecule has 0 atom stereocenters. The molecule has 3 rings (SSSR count). The highest BCUT2D eigenvalue weighted by atomic mass is 19.1. The van der Waals surface area contributed by atoms with Crippen molar-refractivity contribution in [2.45, 2.75) is 6.92 Å². The van der Waals surface area contributed by atoms with Crippen molar-refractivity contribution >= 4 is 23.0 Å². The monoisotopic (exact) mass is 369 g/mol. The number of para-hydroxylation sites is 3. The number of rotatable bonds is 6. The first kappa shape index (κ1) is 18.3. The molecule has 1 heterocycles. The Morgan fingerprint density at radius 2 is 1.81 bits per heavy atom. The molecule has 0 fully saturated rings. The van der Waals surface area contributed by atoms with Gasteiger partial charge in [-0.05, 0) is 37.3 Å². The van der Waals surface area contributed by atoms with Crippen LogP contribution in [0, 0.1) is 11.6 Å². The van der Waals surface area contributed by atoms with E-state index in [4.69, 9.17) is 4.74 Å². The van der Waals surface area contributed by atoms with Crippen molar-refractivity contribution in [3.63, 3.8) is 0 Å². The molecule has 0 unspecified atom stereocenters. The maximum absolute atomic E-state index is 13.8. The van der Waals surface area contributed by atoms with Crippen LogP contribution in [0.2, 0.25) is 0 Å². The van der Waals surface area contributed by atoms with Crippen molar-refractivity contribution in [1.29, 1.82) is 0 Å². The molecule has 0 radical (unpaired) electrons. The lowest BCUT2D eigenvalue weighted by Gasteiger charge is -2.12. The topological polar surface area (TPSA) is 63.2 Å². The van der Waals surface area contributed by atoms with Crippen molar-refractivity contribution in [2.24, 2.45) is 0 Å². The van der Waals surface area contributed by atoms with Crippen LogP contribution >= 0.6 is 0 Å². The third kappa shape index (κ3) is 4.38. The van der Waals surface area contributed by atoms with E-state index in [2.05, 4.69) is 15.6 Å². The van der Waals surface area contributed by atoms with Crippen molar-refractivity contribution in [3.8, 4) is 5.75 Å². The number of halogens is 2. The Balaban J connectivity index is 1.80. The zero-order valence-electron chi connectivity index (χ0n) is 14.5. The van der Waals surface area contributed by atoms with E-state index in [0.29, 0.717) is 18.0 Å². The summed E-state index contributed by atoms with van der Waals surface area (Å²) >= 11 is 0. The predicted molar refractivity (Wildman–Crippen MR) is 99.4 cm³/mol. The highest BCUT2D eigenvalue weighted by Crippen LogP contribution is 2.26. The molecule has 7 heteroatoms. The smallest absolute Gasteiger partial charge is 0.257 e. The van der Waals surface area contributed by atoms with Crippen LogP contribution in [0.15, 0.2) is 60.9 Å². The summed E-state index contributed by atoms with van der Waals surface area (Å²) in [6.07, 6.45) is 2.73. The lowest BCUT2D eigenvalue weighted by Crippen LogP contribution is -2.13. The zero-order chi connectivity index (χ0) is 19.2. The van der Waals surface area contributed by atoms with Gasteiger partial charge in [0.2, 0.25) is 0 Å². The Bertz CT molecular complexity index is 943. The summed E-state index contributed by atoms with van der Waals surface area (Å²) in [6, 6.07) is 12.0. The maximum atomic E-state index is 13.8. The molecule has 0 aliphatic carbocycles. The van der Waals surface area contributed by atoms with Crippen LogP contribution in [0.3, 0.4) is 0 Å². The summed E-state index contributed by atoms with van der Waals surface area (Å²) in [5, 5.41) is 5.36. The van der Waals surface area contributed by atoms with Crippen molar-refractivity contribution in [1.82, 2.24) is 4.98 Å². The molecule has 0 spiro atoms. The Kier molecular flexibility index (Phi) is 5.61. The molecule has 0 saturated heterocycles. The van der Waals surface area contributed by atoms with Crippen LogP contribution in [0.25, 0.3) is 0 Å². The molecule has 1 aromatic heterocycles. The second kappa shape index (κ2) is 8.27. The van der Waals surface area contributed by atoms with Gasteiger partial charge in [-0.15, -0.1) is 0 Å². The van der Waals surface area contributed by atoms with Crippen molar-refractivity contribution < 1.29 is 18.3 Å². The van der Waals surface area contributed by atoms with Gasteiger partial charge in [0.05, 0.1) is 29.7 Å². The number of amides is 1. The van der Waals surface area contributed by atoms with Crippen molar-refractivity contribution in [3.05, 3.63) is 78.1 Å². The Labute approximate surface area is 155 Å². The molecule has 27 heavy (non-hydrogen) atoms. The molecule has 138 valence electrons. The number of hydrogen-bond acceptors (Lipinski definition) is 4. The number of pyridine rings is 1. The lowest BCUT2D eigenvalue weighted by molar-refractivity contribution is 0.102. The SMILES string of the molecule is CCOc1ccccc1NC(=O)c1cncc(Nc2c(F)cccc2F)c1. The van der Waals surface area contributed by atoms with Crippen LogP contribution in [-0.2, 0) is 0 Å². The van der Waals surface area contributed by atoms with E-state index in [9.17, 15) is 13.6 Å². The minimum absolute atomic E-state index is 0.225. The molecule has 0 aliphatic heterocycles. The van der Waals surface area contributed by atoms with Gasteiger partial charge in [0, 0.05) is 6.20 Å². The third-order valence-electron chi connectivity index (χ3n) is 3.67. The molecule has 3 aromatic rings. The number of anilines is 3. The molecular formula is C20H17F2N3O2. The number of carbonyl (C=O) groups excluding carboxylic acids is 1. The van der Waals surface area contributed by atoms with E-state index in [-0.39, 0.29) is 16.9 Å². The summed E-state index contributed by atoms with van der Waals surface area (Å²) in [7, 11) is 0. The van der Waals surface area contributed by atoms with Crippen LogP contribution in [-0.4, -0.2) is 17.5 Å². The van der Waals surface area contributed by atoms with Gasteiger partial charge in [-0.3, -0.25) is 9.78 Å². The number of hydrogen-bond donors (Lipinski definition) is 2. The fourth-order valence-electron chi connectivity index (χ4n) is 2.44. The lowest BCUT2D eigenvalue weighted by atomic mass is 10.2. The van der Waals surface area contributed by atoms with Crippen molar-refractivity contribution in [2.75, 3.05) is 17.2 Å². The fraction of sp³-hybridized carbons (Fsp3) is 0.100. The average molecular weight is 369 g/mol. The number of aromatic nitrogens is 1. The normalized spacial score (nSPS) is 10.3. The van der Waals surface area contributed by atoms with Gasteiger partial charge in [-0.25, -0.2) is 8.78 Å². The summed E-state index contributed by atoms with van der Waals surface area (Å²) in [5.41, 5.74) is 0.717. The summed E-state index contributed by atoms with van der Waals surface area (Å²) in [5.74, 6) is -1.36. The van der Waals surface area contributed by atoms with Gasteiger partial charge in [-0.2, -0.15) is 0 Å². The molecular weight excluding hydrogens is 352 g/mol. The van der Waals surface area contributed by atoms with Crippen LogP contribution < -0.4 is 15.4 Å². The number of benzene rings is 2. The van der Waals surface area contributed by atoms with Gasteiger partial charge in [0.25, 0.3) is 5.91 Å². The minimum atomic E-state index is -0.740. The number of nitrogens with one attached hydrogen (secondary N) is 2. The molecule has 0 aliphatic rings.